The van der Waals surface area contributed by atoms with E-state index in [1.54, 1.807) is 0 Å². The highest BCUT2D eigenvalue weighted by Gasteiger charge is 2.30. The summed E-state index contributed by atoms with van der Waals surface area (Å²) in [5.41, 5.74) is 0. The molecule has 0 aliphatic carbocycles. The van der Waals surface area contributed by atoms with Crippen molar-refractivity contribution in [3.8, 4) is 0 Å². The lowest BCUT2D eigenvalue weighted by Gasteiger charge is -2.23. The van der Waals surface area contributed by atoms with E-state index in [9.17, 15) is 19.8 Å². The number of nitrogens with one attached hydrogen (secondary N) is 1. The number of aliphatic hydroxyl groups is 2. The van der Waals surface area contributed by atoms with Crippen molar-refractivity contribution in [1.82, 2.24) is 5.32 Å². The van der Waals surface area contributed by atoms with Gasteiger partial charge in [-0.1, -0.05) is 38.3 Å². The summed E-state index contributed by atoms with van der Waals surface area (Å²) in [6, 6.07) is -1.30. The Balaban J connectivity index is 4.49. The van der Waals surface area contributed by atoms with Crippen LogP contribution in [0.3, 0.4) is 0 Å². The molecule has 0 spiro atoms. The summed E-state index contributed by atoms with van der Waals surface area (Å²) in [6.07, 6.45) is 4.40. The second-order valence-corrected chi connectivity index (χ2v) is 5.54. The number of rotatable bonds is 10. The van der Waals surface area contributed by atoms with E-state index in [1.165, 1.54) is 19.1 Å². The van der Waals surface area contributed by atoms with Crippen LogP contribution in [0.25, 0.3) is 0 Å². The van der Waals surface area contributed by atoms with Crippen molar-refractivity contribution in [1.29, 1.82) is 0 Å². The first-order valence-corrected chi connectivity index (χ1v) is 7.53. The van der Waals surface area contributed by atoms with E-state index < -0.39 is 35.4 Å². The maximum atomic E-state index is 11.0. The number of carbonyl (C=O) groups excluding carboxylic acids is 1. The fourth-order valence-corrected chi connectivity index (χ4v) is 2.07. The number of aliphatic carboxylic acids is 1. The average Bonchev–Trinajstić information content (AvgIpc) is 2.41. The Morgan fingerprint density at radius 1 is 1.24 bits per heavy atom. The van der Waals surface area contributed by atoms with Crippen LogP contribution in [0.15, 0.2) is 12.2 Å². The molecule has 0 bridgehead atoms. The van der Waals surface area contributed by atoms with Gasteiger partial charge in [-0.2, -0.15) is 12.6 Å². The monoisotopic (exact) mass is 319 g/mol. The van der Waals surface area contributed by atoms with Crippen molar-refractivity contribution in [2.75, 3.05) is 0 Å². The molecule has 0 aromatic heterocycles. The van der Waals surface area contributed by atoms with Crippen molar-refractivity contribution in [3.05, 3.63) is 12.2 Å². The number of hydrogen-bond donors (Lipinski definition) is 5. The zero-order valence-electron chi connectivity index (χ0n) is 12.4. The molecule has 0 aliphatic heterocycles. The van der Waals surface area contributed by atoms with Crippen molar-refractivity contribution < 1.29 is 24.9 Å². The Morgan fingerprint density at radius 2 is 1.86 bits per heavy atom. The van der Waals surface area contributed by atoms with Crippen LogP contribution in [0, 0.1) is 0 Å². The first-order chi connectivity index (χ1) is 9.79. The molecule has 0 aliphatic rings. The lowest BCUT2D eigenvalue weighted by Crippen LogP contribution is -2.49. The minimum Gasteiger partial charge on any atom is -0.480 e. The van der Waals surface area contributed by atoms with Gasteiger partial charge < -0.3 is 20.6 Å². The number of thiol groups is 1. The van der Waals surface area contributed by atoms with Crippen LogP contribution in [0.4, 0.5) is 0 Å². The van der Waals surface area contributed by atoms with E-state index >= 15 is 0 Å². The molecule has 7 heteroatoms. The van der Waals surface area contributed by atoms with E-state index in [2.05, 4.69) is 24.9 Å². The number of carboxylic acids is 1. The summed E-state index contributed by atoms with van der Waals surface area (Å²) in [4.78, 5) is 22.0. The van der Waals surface area contributed by atoms with E-state index in [4.69, 9.17) is 5.11 Å². The molecule has 0 saturated carbocycles. The molecule has 0 aromatic rings. The van der Waals surface area contributed by atoms with Gasteiger partial charge in [0.1, 0.15) is 6.04 Å². The lowest BCUT2D eigenvalue weighted by molar-refractivity contribution is -0.142. The molecule has 1 amide bonds. The summed E-state index contributed by atoms with van der Waals surface area (Å²) < 4.78 is 0. The number of aliphatic hydroxyl groups excluding tert-OH is 2. The number of hydrogen-bond acceptors (Lipinski definition) is 5. The molecule has 122 valence electrons. The maximum absolute atomic E-state index is 11.0. The van der Waals surface area contributed by atoms with Crippen LogP contribution in [0.2, 0.25) is 0 Å². The van der Waals surface area contributed by atoms with Gasteiger partial charge >= 0.3 is 5.97 Å². The third-order valence-electron chi connectivity index (χ3n) is 2.95. The van der Waals surface area contributed by atoms with E-state index in [0.717, 1.165) is 19.3 Å². The summed E-state index contributed by atoms with van der Waals surface area (Å²) in [5.74, 6) is -1.79. The second kappa shape index (κ2) is 10.6. The van der Waals surface area contributed by atoms with Gasteiger partial charge in [0, 0.05) is 6.92 Å². The topological polar surface area (TPSA) is 107 Å². The highest BCUT2D eigenvalue weighted by Crippen LogP contribution is 2.12. The fourth-order valence-electron chi connectivity index (χ4n) is 1.76. The standard InChI is InChI=1S/C14H25NO5S/c1-3-4-5-6-10(17)7-8-11(18)13(21)12(14(19)20)15-9(2)16/h7-8,10-13,17-18,21H,3-6H2,1-2H3,(H,15,16)(H,19,20)/b8-7+/t10?,11?,12-,13?/m0/s1. The van der Waals surface area contributed by atoms with Crippen LogP contribution in [0.5, 0.6) is 0 Å². The molecule has 0 saturated heterocycles. The first-order valence-electron chi connectivity index (χ1n) is 7.02. The van der Waals surface area contributed by atoms with Gasteiger partial charge in [0.15, 0.2) is 0 Å². The average molecular weight is 319 g/mol. The molecule has 0 rings (SSSR count). The molecule has 4 N–H and O–H groups in total. The smallest absolute Gasteiger partial charge is 0.327 e. The van der Waals surface area contributed by atoms with Crippen molar-refractivity contribution in [2.24, 2.45) is 0 Å². The maximum Gasteiger partial charge on any atom is 0.327 e. The predicted octanol–water partition coefficient (Wildman–Crippen LogP) is 0.732. The van der Waals surface area contributed by atoms with Crippen molar-refractivity contribution in [2.45, 2.75) is 63.0 Å². The SMILES string of the molecule is CCCCCC(O)/C=C/C(O)C(S)[C@H](NC(C)=O)C(=O)O. The molecule has 21 heavy (non-hydrogen) atoms. The van der Waals surface area contributed by atoms with Crippen LogP contribution in [-0.4, -0.2) is 50.7 Å². The van der Waals surface area contributed by atoms with Gasteiger partial charge in [-0.05, 0) is 6.42 Å². The lowest BCUT2D eigenvalue weighted by atomic mass is 10.1. The number of carboxylic acid groups (broad SMARTS) is 1. The zero-order chi connectivity index (χ0) is 16.4. The van der Waals surface area contributed by atoms with E-state index in [1.807, 2.05) is 0 Å². The molecular formula is C14H25NO5S. The molecule has 0 fully saturated rings. The van der Waals surface area contributed by atoms with Gasteiger partial charge in [0.2, 0.25) is 5.91 Å². The molecule has 0 aromatic carbocycles. The highest BCUT2D eigenvalue weighted by molar-refractivity contribution is 7.81. The number of amides is 1. The molecule has 0 heterocycles. The third-order valence-corrected chi connectivity index (χ3v) is 3.55. The molecule has 6 nitrogen and oxygen atoms in total. The minimum absolute atomic E-state index is 0.516. The molecular weight excluding hydrogens is 294 g/mol. The Kier molecular flexibility index (Phi) is 10.1. The van der Waals surface area contributed by atoms with Crippen molar-refractivity contribution in [3.63, 3.8) is 0 Å². The Bertz CT molecular complexity index is 361. The molecule has 3 unspecified atom stereocenters. The van der Waals surface area contributed by atoms with Gasteiger partial charge in [-0.25, -0.2) is 4.79 Å². The van der Waals surface area contributed by atoms with Gasteiger partial charge in [-0.3, -0.25) is 4.79 Å². The normalized spacial score (nSPS) is 17.2. The second-order valence-electron chi connectivity index (χ2n) is 4.95. The van der Waals surface area contributed by atoms with Crippen LogP contribution >= 0.6 is 12.6 Å². The van der Waals surface area contributed by atoms with Gasteiger partial charge in [0.25, 0.3) is 0 Å². The summed E-state index contributed by atoms with van der Waals surface area (Å²) in [5, 5.41) is 29.8. The Morgan fingerprint density at radius 3 is 2.33 bits per heavy atom. The summed E-state index contributed by atoms with van der Waals surface area (Å²) in [6.45, 7) is 3.25. The summed E-state index contributed by atoms with van der Waals surface area (Å²) in [7, 11) is 0. The van der Waals surface area contributed by atoms with E-state index in [-0.39, 0.29) is 0 Å². The van der Waals surface area contributed by atoms with Gasteiger partial charge in [0.05, 0.1) is 17.5 Å². The van der Waals surface area contributed by atoms with Crippen LogP contribution in [0.1, 0.15) is 39.5 Å². The van der Waals surface area contributed by atoms with Crippen LogP contribution in [-0.2, 0) is 9.59 Å². The molecule has 0 radical (unpaired) electrons. The number of carbonyl (C=O) groups is 2. The highest BCUT2D eigenvalue weighted by atomic mass is 32.1. The largest absolute Gasteiger partial charge is 0.480 e. The Hall–Kier alpha value is -1.05. The minimum atomic E-state index is -1.30. The number of unbranched alkanes of at least 4 members (excludes halogenated alkanes) is 2. The van der Waals surface area contributed by atoms with Crippen molar-refractivity contribution >= 4 is 24.5 Å². The van der Waals surface area contributed by atoms with Crippen LogP contribution < -0.4 is 5.32 Å². The fraction of sp³-hybridized carbons (Fsp3) is 0.714. The first kappa shape index (κ1) is 19.9. The van der Waals surface area contributed by atoms with Gasteiger partial charge in [-0.15, -0.1) is 0 Å². The predicted molar refractivity (Wildman–Crippen MR) is 83.3 cm³/mol. The summed E-state index contributed by atoms with van der Waals surface area (Å²) >= 11 is 4.04. The molecule has 4 atom stereocenters. The zero-order valence-corrected chi connectivity index (χ0v) is 13.3. The van der Waals surface area contributed by atoms with E-state index in [0.29, 0.717) is 6.42 Å². The third kappa shape index (κ3) is 8.75. The Labute approximate surface area is 130 Å². The quantitative estimate of drug-likeness (QED) is 0.232.